The number of likely N-dealkylation sites (tertiary alicyclic amines) is 1. The van der Waals surface area contributed by atoms with Crippen molar-refractivity contribution in [2.24, 2.45) is 11.8 Å². The van der Waals surface area contributed by atoms with Gasteiger partial charge in [0.2, 0.25) is 11.8 Å². The van der Waals surface area contributed by atoms with E-state index in [1.807, 2.05) is 4.90 Å². The molecule has 0 aromatic rings. The summed E-state index contributed by atoms with van der Waals surface area (Å²) in [5.74, 6) is 0.938. The maximum Gasteiger partial charge on any atom is 0.225 e. The Hall–Kier alpha value is -1.06. The second-order valence-electron chi connectivity index (χ2n) is 5.49. The van der Waals surface area contributed by atoms with E-state index in [0.29, 0.717) is 12.3 Å². The highest BCUT2D eigenvalue weighted by molar-refractivity contribution is 5.79. The third-order valence-electron chi connectivity index (χ3n) is 3.22. The molecule has 0 spiro atoms. The first kappa shape index (κ1) is 14.0. The summed E-state index contributed by atoms with van der Waals surface area (Å²) in [6.45, 7) is 5.58. The Morgan fingerprint density at radius 3 is 2.18 bits per heavy atom. The van der Waals surface area contributed by atoms with Gasteiger partial charge in [-0.25, -0.2) is 0 Å². The van der Waals surface area contributed by atoms with Gasteiger partial charge in [-0.15, -0.1) is 0 Å². The van der Waals surface area contributed by atoms with Crippen molar-refractivity contribution in [2.45, 2.75) is 33.1 Å². The van der Waals surface area contributed by atoms with Crippen molar-refractivity contribution in [3.8, 4) is 0 Å². The van der Waals surface area contributed by atoms with Gasteiger partial charge in [0, 0.05) is 39.5 Å². The Bertz CT molecular complexity index is 279. The van der Waals surface area contributed by atoms with Crippen LogP contribution in [0.3, 0.4) is 0 Å². The molecule has 0 aromatic carbocycles. The van der Waals surface area contributed by atoms with Crippen molar-refractivity contribution in [1.82, 2.24) is 9.80 Å². The van der Waals surface area contributed by atoms with Crippen LogP contribution in [-0.4, -0.2) is 48.8 Å². The molecule has 0 radical (unpaired) electrons. The Morgan fingerprint density at radius 1 is 1.24 bits per heavy atom. The number of carbonyl (C=O) groups is 2. The predicted octanol–water partition coefficient (Wildman–Crippen LogP) is 1.36. The van der Waals surface area contributed by atoms with Gasteiger partial charge in [-0.05, 0) is 18.8 Å². The largest absolute Gasteiger partial charge is 0.349 e. The topological polar surface area (TPSA) is 40.6 Å². The fourth-order valence-electron chi connectivity index (χ4n) is 2.22. The fraction of sp³-hybridized carbons (Fsp3) is 0.846. The van der Waals surface area contributed by atoms with Crippen molar-refractivity contribution >= 4 is 11.8 Å². The van der Waals surface area contributed by atoms with Crippen molar-refractivity contribution in [3.05, 3.63) is 0 Å². The van der Waals surface area contributed by atoms with Crippen molar-refractivity contribution < 1.29 is 9.59 Å². The van der Waals surface area contributed by atoms with E-state index in [2.05, 4.69) is 13.8 Å². The Kier molecular flexibility index (Phi) is 4.97. The molecule has 17 heavy (non-hydrogen) atoms. The first-order chi connectivity index (χ1) is 7.91. The van der Waals surface area contributed by atoms with Crippen LogP contribution in [0.2, 0.25) is 0 Å². The lowest BCUT2D eigenvalue weighted by Crippen LogP contribution is -2.43. The molecular weight excluding hydrogens is 216 g/mol. The predicted molar refractivity (Wildman–Crippen MR) is 67.5 cm³/mol. The molecule has 0 saturated carbocycles. The summed E-state index contributed by atoms with van der Waals surface area (Å²) in [5, 5.41) is 0. The molecule has 1 fully saturated rings. The van der Waals surface area contributed by atoms with Gasteiger partial charge in [-0.2, -0.15) is 0 Å². The number of hydrogen-bond acceptors (Lipinski definition) is 2. The van der Waals surface area contributed by atoms with Crippen LogP contribution in [0.4, 0.5) is 0 Å². The van der Waals surface area contributed by atoms with Crippen LogP contribution in [0.15, 0.2) is 0 Å². The number of amides is 2. The molecule has 1 aliphatic rings. The molecular formula is C13H24N2O2. The van der Waals surface area contributed by atoms with E-state index in [4.69, 9.17) is 0 Å². The van der Waals surface area contributed by atoms with E-state index in [9.17, 15) is 9.59 Å². The summed E-state index contributed by atoms with van der Waals surface area (Å²) in [6, 6.07) is 0. The van der Waals surface area contributed by atoms with Crippen LogP contribution in [0.1, 0.15) is 33.1 Å². The van der Waals surface area contributed by atoms with E-state index < -0.39 is 0 Å². The highest BCUT2D eigenvalue weighted by Crippen LogP contribution is 2.20. The monoisotopic (exact) mass is 240 g/mol. The van der Waals surface area contributed by atoms with Gasteiger partial charge in [0.05, 0.1) is 0 Å². The maximum atomic E-state index is 11.8. The van der Waals surface area contributed by atoms with Crippen molar-refractivity contribution in [1.29, 1.82) is 0 Å². The summed E-state index contributed by atoms with van der Waals surface area (Å²) in [5.41, 5.74) is 0. The van der Waals surface area contributed by atoms with Crippen LogP contribution >= 0.6 is 0 Å². The lowest BCUT2D eigenvalue weighted by atomic mass is 9.95. The first-order valence-corrected chi connectivity index (χ1v) is 6.40. The third-order valence-corrected chi connectivity index (χ3v) is 3.22. The van der Waals surface area contributed by atoms with Crippen LogP contribution in [0.25, 0.3) is 0 Å². The summed E-state index contributed by atoms with van der Waals surface area (Å²) in [6.07, 6.45) is 2.23. The second-order valence-corrected chi connectivity index (χ2v) is 5.49. The number of piperidine rings is 1. The Balaban J connectivity index is 2.40. The quantitative estimate of drug-likeness (QED) is 0.747. The summed E-state index contributed by atoms with van der Waals surface area (Å²) < 4.78 is 0. The van der Waals surface area contributed by atoms with Crippen molar-refractivity contribution in [3.63, 3.8) is 0 Å². The lowest BCUT2D eigenvalue weighted by Gasteiger charge is -2.32. The maximum absolute atomic E-state index is 11.8. The molecule has 0 aliphatic carbocycles. The molecule has 0 N–H and O–H groups in total. The van der Waals surface area contributed by atoms with Gasteiger partial charge in [0.1, 0.15) is 0 Å². The number of carbonyl (C=O) groups excluding carboxylic acids is 2. The average Bonchev–Trinajstić information content (AvgIpc) is 2.27. The molecule has 4 heteroatoms. The van der Waals surface area contributed by atoms with Gasteiger partial charge in [-0.1, -0.05) is 13.8 Å². The van der Waals surface area contributed by atoms with Crippen LogP contribution in [0.5, 0.6) is 0 Å². The van der Waals surface area contributed by atoms with Gasteiger partial charge >= 0.3 is 0 Å². The van der Waals surface area contributed by atoms with Gasteiger partial charge in [0.25, 0.3) is 0 Å². The molecule has 1 rings (SSSR count). The van der Waals surface area contributed by atoms with E-state index >= 15 is 0 Å². The zero-order chi connectivity index (χ0) is 13.0. The van der Waals surface area contributed by atoms with E-state index in [0.717, 1.165) is 25.9 Å². The molecule has 1 saturated heterocycles. The Labute approximate surface area is 104 Å². The third kappa shape index (κ3) is 4.02. The summed E-state index contributed by atoms with van der Waals surface area (Å²) in [4.78, 5) is 27.2. The molecule has 2 amide bonds. The standard InChI is InChI=1S/C13H24N2O2/c1-10(2)9-12(16)15-7-5-11(6-8-15)13(17)14(3)4/h10-11H,5-9H2,1-4H3. The SMILES string of the molecule is CC(C)CC(=O)N1CCC(C(=O)N(C)C)CC1. The number of nitrogens with zero attached hydrogens (tertiary/aromatic N) is 2. The average molecular weight is 240 g/mol. The minimum atomic E-state index is 0.105. The minimum absolute atomic E-state index is 0.105. The van der Waals surface area contributed by atoms with Gasteiger partial charge in [0.15, 0.2) is 0 Å². The molecule has 98 valence electrons. The molecule has 0 atom stereocenters. The number of hydrogen-bond donors (Lipinski definition) is 0. The molecule has 1 aliphatic heterocycles. The van der Waals surface area contributed by atoms with Crippen LogP contribution < -0.4 is 0 Å². The highest BCUT2D eigenvalue weighted by Gasteiger charge is 2.28. The Morgan fingerprint density at radius 2 is 1.76 bits per heavy atom. The normalized spacial score (nSPS) is 17.4. The van der Waals surface area contributed by atoms with E-state index in [-0.39, 0.29) is 17.7 Å². The number of rotatable bonds is 3. The first-order valence-electron chi connectivity index (χ1n) is 6.40. The fourth-order valence-corrected chi connectivity index (χ4v) is 2.22. The zero-order valence-electron chi connectivity index (χ0n) is 11.4. The van der Waals surface area contributed by atoms with Crippen LogP contribution in [0, 0.1) is 11.8 Å². The lowest BCUT2D eigenvalue weighted by molar-refractivity contribution is -0.139. The molecule has 0 unspecified atom stereocenters. The highest BCUT2D eigenvalue weighted by atomic mass is 16.2. The van der Waals surface area contributed by atoms with Gasteiger partial charge in [-0.3, -0.25) is 9.59 Å². The molecule has 0 bridgehead atoms. The summed E-state index contributed by atoms with van der Waals surface area (Å²) >= 11 is 0. The molecule has 4 nitrogen and oxygen atoms in total. The van der Waals surface area contributed by atoms with Crippen molar-refractivity contribution in [2.75, 3.05) is 27.2 Å². The molecule has 1 heterocycles. The van der Waals surface area contributed by atoms with E-state index in [1.165, 1.54) is 0 Å². The second kappa shape index (κ2) is 6.03. The smallest absolute Gasteiger partial charge is 0.225 e. The minimum Gasteiger partial charge on any atom is -0.349 e. The van der Waals surface area contributed by atoms with Gasteiger partial charge < -0.3 is 9.80 Å². The molecule has 0 aromatic heterocycles. The van der Waals surface area contributed by atoms with Crippen LogP contribution in [-0.2, 0) is 9.59 Å². The summed E-state index contributed by atoms with van der Waals surface area (Å²) in [7, 11) is 3.58. The van der Waals surface area contributed by atoms with E-state index in [1.54, 1.807) is 19.0 Å². The zero-order valence-corrected chi connectivity index (χ0v) is 11.4.